The fraction of sp³-hybridized carbons (Fsp3) is 0.136. The maximum Gasteiger partial charge on any atom is 0.269 e. The van der Waals surface area contributed by atoms with Gasteiger partial charge in [0, 0.05) is 28.6 Å². The lowest BCUT2D eigenvalue weighted by molar-refractivity contribution is -0.384. The second-order valence-corrected chi connectivity index (χ2v) is 5.45. The number of nitro benzene ring substituents is 1. The summed E-state index contributed by atoms with van der Waals surface area (Å²) < 4.78 is 0. The number of aromatic nitrogens is 1. The van der Waals surface area contributed by atoms with Gasteiger partial charge in [-0.3, -0.25) is 10.1 Å². The zero-order chi connectivity index (χ0) is 18.5. The first kappa shape index (κ1) is 19.8. The summed E-state index contributed by atoms with van der Waals surface area (Å²) >= 11 is 0. The Balaban J connectivity index is 0.000000844. The minimum atomic E-state index is -0.402. The molecule has 0 saturated heterocycles. The summed E-state index contributed by atoms with van der Waals surface area (Å²) in [4.78, 5) is 15.1. The van der Waals surface area contributed by atoms with Crippen molar-refractivity contribution in [3.63, 3.8) is 0 Å². The molecule has 1 aromatic heterocycles. The standard InChI is InChI=1S/C19H13N3O2.C2H6.CH4/c23-22(24)14-11-9-13(10-12-14)20-19-15-5-1-3-7-17(15)21-18-8-4-2-6-16(18)19;1-2;/h1-12H,(H,20,21);1-2H3;1H4. The first-order valence-corrected chi connectivity index (χ1v) is 8.51. The van der Waals surface area contributed by atoms with Gasteiger partial charge in [0.15, 0.2) is 0 Å². The molecule has 5 nitrogen and oxygen atoms in total. The van der Waals surface area contributed by atoms with Crippen LogP contribution in [0.2, 0.25) is 0 Å². The van der Waals surface area contributed by atoms with E-state index in [1.165, 1.54) is 12.1 Å². The van der Waals surface area contributed by atoms with E-state index in [-0.39, 0.29) is 13.1 Å². The van der Waals surface area contributed by atoms with Crippen molar-refractivity contribution in [1.82, 2.24) is 4.98 Å². The van der Waals surface area contributed by atoms with Crippen molar-refractivity contribution < 1.29 is 4.92 Å². The first-order valence-electron chi connectivity index (χ1n) is 8.51. The van der Waals surface area contributed by atoms with Gasteiger partial charge in [-0.05, 0) is 24.3 Å². The number of rotatable bonds is 3. The van der Waals surface area contributed by atoms with E-state index in [4.69, 9.17) is 0 Å². The van der Waals surface area contributed by atoms with Crippen molar-refractivity contribution in [2.45, 2.75) is 21.3 Å². The average molecular weight is 361 g/mol. The molecule has 0 amide bonds. The monoisotopic (exact) mass is 361 g/mol. The maximum absolute atomic E-state index is 10.8. The molecule has 0 radical (unpaired) electrons. The summed E-state index contributed by atoms with van der Waals surface area (Å²) in [6.07, 6.45) is 0. The Morgan fingerprint density at radius 3 is 1.78 bits per heavy atom. The average Bonchev–Trinajstić information content (AvgIpc) is 2.70. The van der Waals surface area contributed by atoms with Crippen molar-refractivity contribution >= 4 is 38.9 Å². The third-order valence-corrected chi connectivity index (χ3v) is 3.94. The predicted molar refractivity (Wildman–Crippen MR) is 114 cm³/mol. The Kier molecular flexibility index (Phi) is 6.44. The molecule has 1 N–H and O–H groups in total. The highest BCUT2D eigenvalue weighted by Crippen LogP contribution is 2.33. The van der Waals surface area contributed by atoms with Gasteiger partial charge in [0.25, 0.3) is 5.69 Å². The van der Waals surface area contributed by atoms with Gasteiger partial charge >= 0.3 is 0 Å². The summed E-state index contributed by atoms with van der Waals surface area (Å²) in [5, 5.41) is 16.2. The highest BCUT2D eigenvalue weighted by Gasteiger charge is 2.10. The number of hydrogen-bond acceptors (Lipinski definition) is 4. The van der Waals surface area contributed by atoms with Crippen LogP contribution in [0.1, 0.15) is 21.3 Å². The molecule has 4 rings (SSSR count). The third-order valence-electron chi connectivity index (χ3n) is 3.94. The van der Waals surface area contributed by atoms with E-state index in [1.807, 2.05) is 62.4 Å². The van der Waals surface area contributed by atoms with Crippen LogP contribution in [0.25, 0.3) is 21.8 Å². The first-order chi connectivity index (χ1) is 12.7. The fourth-order valence-electron chi connectivity index (χ4n) is 2.79. The predicted octanol–water partition coefficient (Wildman–Crippen LogP) is 6.70. The summed E-state index contributed by atoms with van der Waals surface area (Å²) in [6.45, 7) is 4.00. The highest BCUT2D eigenvalue weighted by atomic mass is 16.6. The lowest BCUT2D eigenvalue weighted by Crippen LogP contribution is -1.95. The van der Waals surface area contributed by atoms with E-state index < -0.39 is 4.92 Å². The molecule has 0 atom stereocenters. The number of pyridine rings is 1. The zero-order valence-electron chi connectivity index (χ0n) is 14.6. The highest BCUT2D eigenvalue weighted by molar-refractivity contribution is 6.08. The number of anilines is 2. The summed E-state index contributed by atoms with van der Waals surface area (Å²) in [5.74, 6) is 0. The molecule has 0 fully saturated rings. The van der Waals surface area contributed by atoms with E-state index in [2.05, 4.69) is 10.3 Å². The van der Waals surface area contributed by atoms with Gasteiger partial charge in [0.1, 0.15) is 0 Å². The van der Waals surface area contributed by atoms with Gasteiger partial charge < -0.3 is 5.32 Å². The molecule has 0 bridgehead atoms. The van der Waals surface area contributed by atoms with Crippen LogP contribution < -0.4 is 5.32 Å². The Bertz CT molecular complexity index is 1010. The van der Waals surface area contributed by atoms with Crippen molar-refractivity contribution in [2.75, 3.05) is 5.32 Å². The normalized spacial score (nSPS) is 9.85. The second-order valence-electron chi connectivity index (χ2n) is 5.45. The summed E-state index contributed by atoms with van der Waals surface area (Å²) in [5.41, 5.74) is 3.62. The topological polar surface area (TPSA) is 68.1 Å². The van der Waals surface area contributed by atoms with Gasteiger partial charge in [-0.2, -0.15) is 0 Å². The minimum Gasteiger partial charge on any atom is -0.354 e. The van der Waals surface area contributed by atoms with Crippen LogP contribution in [-0.2, 0) is 0 Å². The van der Waals surface area contributed by atoms with Crippen LogP contribution in [0.15, 0.2) is 72.8 Å². The summed E-state index contributed by atoms with van der Waals surface area (Å²) in [6, 6.07) is 22.3. The van der Waals surface area contributed by atoms with Gasteiger partial charge in [-0.15, -0.1) is 0 Å². The Morgan fingerprint density at radius 2 is 1.30 bits per heavy atom. The summed E-state index contributed by atoms with van der Waals surface area (Å²) in [7, 11) is 0. The molecule has 0 aliphatic carbocycles. The van der Waals surface area contributed by atoms with E-state index in [1.54, 1.807) is 12.1 Å². The van der Waals surface area contributed by atoms with Crippen LogP contribution in [-0.4, -0.2) is 9.91 Å². The Morgan fingerprint density at radius 1 is 0.815 bits per heavy atom. The molecule has 3 aromatic carbocycles. The molecule has 1 heterocycles. The van der Waals surface area contributed by atoms with E-state index in [0.717, 1.165) is 33.2 Å². The SMILES string of the molecule is C.CC.O=[N+]([O-])c1ccc(Nc2c3ccccc3nc3ccccc23)cc1. The number of nitro groups is 1. The van der Waals surface area contributed by atoms with Gasteiger partial charge in [0.2, 0.25) is 0 Å². The smallest absolute Gasteiger partial charge is 0.269 e. The molecule has 0 aliphatic heterocycles. The second kappa shape index (κ2) is 8.76. The molecule has 0 unspecified atom stereocenters. The number of benzene rings is 3. The largest absolute Gasteiger partial charge is 0.354 e. The molecule has 4 aromatic rings. The lowest BCUT2D eigenvalue weighted by atomic mass is 10.1. The molecule has 0 spiro atoms. The van der Waals surface area contributed by atoms with Crippen LogP contribution in [0, 0.1) is 10.1 Å². The van der Waals surface area contributed by atoms with E-state index in [0.29, 0.717) is 0 Å². The van der Waals surface area contributed by atoms with Gasteiger partial charge in [-0.1, -0.05) is 57.7 Å². The van der Waals surface area contributed by atoms with Crippen LogP contribution in [0.5, 0.6) is 0 Å². The number of nitrogens with one attached hydrogen (secondary N) is 1. The molecule has 0 aliphatic rings. The quantitative estimate of drug-likeness (QED) is 0.250. The van der Waals surface area contributed by atoms with E-state index in [9.17, 15) is 10.1 Å². The molecular weight excluding hydrogens is 338 g/mol. The number of para-hydroxylation sites is 2. The Labute approximate surface area is 158 Å². The lowest BCUT2D eigenvalue weighted by Gasteiger charge is -2.13. The van der Waals surface area contributed by atoms with Crippen molar-refractivity contribution in [2.24, 2.45) is 0 Å². The number of hydrogen-bond donors (Lipinski definition) is 1. The van der Waals surface area contributed by atoms with Crippen molar-refractivity contribution in [3.8, 4) is 0 Å². The fourth-order valence-corrected chi connectivity index (χ4v) is 2.79. The Hall–Kier alpha value is -3.47. The number of fused-ring (bicyclic) bond motifs is 2. The van der Waals surface area contributed by atoms with Gasteiger partial charge in [0.05, 0.1) is 21.6 Å². The molecule has 138 valence electrons. The van der Waals surface area contributed by atoms with Crippen molar-refractivity contribution in [3.05, 3.63) is 82.9 Å². The maximum atomic E-state index is 10.8. The van der Waals surface area contributed by atoms with Crippen LogP contribution in [0.4, 0.5) is 17.1 Å². The van der Waals surface area contributed by atoms with Crippen molar-refractivity contribution in [1.29, 1.82) is 0 Å². The molecule has 0 saturated carbocycles. The van der Waals surface area contributed by atoms with E-state index >= 15 is 0 Å². The molecule has 5 heteroatoms. The third kappa shape index (κ3) is 4.03. The van der Waals surface area contributed by atoms with Gasteiger partial charge in [-0.25, -0.2) is 4.98 Å². The minimum absolute atomic E-state index is 0. The molecule has 27 heavy (non-hydrogen) atoms. The zero-order valence-corrected chi connectivity index (χ0v) is 14.6. The number of nitrogens with zero attached hydrogens (tertiary/aromatic N) is 2. The van der Waals surface area contributed by atoms with Crippen LogP contribution >= 0.6 is 0 Å². The van der Waals surface area contributed by atoms with Crippen LogP contribution in [0.3, 0.4) is 0 Å². The molecular formula is C22H23N3O2. The number of non-ortho nitro benzene ring substituents is 1.